The smallest absolute Gasteiger partial charge is 0.227 e. The highest BCUT2D eigenvalue weighted by molar-refractivity contribution is 5.79. The van der Waals surface area contributed by atoms with Gasteiger partial charge in [0, 0.05) is 17.3 Å². The summed E-state index contributed by atoms with van der Waals surface area (Å²) in [6.07, 6.45) is 0. The van der Waals surface area contributed by atoms with Crippen LogP contribution in [0.5, 0.6) is 11.5 Å². The maximum absolute atomic E-state index is 5.74. The quantitative estimate of drug-likeness (QED) is 0.740. The largest absolute Gasteiger partial charge is 0.497 e. The van der Waals surface area contributed by atoms with Crippen LogP contribution in [-0.2, 0) is 0 Å². The van der Waals surface area contributed by atoms with Crippen LogP contribution < -0.4 is 15.2 Å². The van der Waals surface area contributed by atoms with Gasteiger partial charge in [0.25, 0.3) is 0 Å². The third-order valence-corrected chi connectivity index (χ3v) is 3.01. The van der Waals surface area contributed by atoms with E-state index in [0.717, 1.165) is 11.1 Å². The average Bonchev–Trinajstić information content (AvgIpc) is 2.89. The number of hydrogen-bond donors (Lipinski definition) is 1. The van der Waals surface area contributed by atoms with Crippen LogP contribution in [0.15, 0.2) is 40.8 Å². The standard InChI is InChI=1S/C15H14N2O3/c1-18-11-5-9(6-12(8-11)19-2)15-17-13-7-10(16)3-4-14(13)20-15/h3-8H,16H2,1-2H3. The molecule has 0 bridgehead atoms. The van der Waals surface area contributed by atoms with Crippen molar-refractivity contribution in [3.63, 3.8) is 0 Å². The summed E-state index contributed by atoms with van der Waals surface area (Å²) in [4.78, 5) is 4.44. The Labute approximate surface area is 115 Å². The van der Waals surface area contributed by atoms with Crippen LogP contribution in [0.2, 0.25) is 0 Å². The minimum absolute atomic E-state index is 0.503. The van der Waals surface area contributed by atoms with Crippen LogP contribution >= 0.6 is 0 Å². The van der Waals surface area contributed by atoms with Crippen molar-refractivity contribution in [3.05, 3.63) is 36.4 Å². The first-order chi connectivity index (χ1) is 9.69. The zero-order valence-corrected chi connectivity index (χ0v) is 11.2. The molecule has 1 aromatic heterocycles. The Morgan fingerprint density at radius 2 is 1.70 bits per heavy atom. The van der Waals surface area contributed by atoms with Gasteiger partial charge in [-0.3, -0.25) is 0 Å². The van der Waals surface area contributed by atoms with Crippen LogP contribution in [0.1, 0.15) is 0 Å². The molecule has 0 saturated heterocycles. The molecular formula is C15H14N2O3. The number of rotatable bonds is 3. The molecule has 0 atom stereocenters. The van der Waals surface area contributed by atoms with Gasteiger partial charge in [0.15, 0.2) is 5.58 Å². The van der Waals surface area contributed by atoms with Gasteiger partial charge in [0.2, 0.25) is 5.89 Å². The normalized spacial score (nSPS) is 10.7. The second-order valence-corrected chi connectivity index (χ2v) is 4.35. The van der Waals surface area contributed by atoms with E-state index in [1.807, 2.05) is 12.1 Å². The summed E-state index contributed by atoms with van der Waals surface area (Å²) in [5, 5.41) is 0. The van der Waals surface area contributed by atoms with E-state index in [0.29, 0.717) is 28.7 Å². The van der Waals surface area contributed by atoms with Crippen LogP contribution in [0, 0.1) is 0 Å². The molecule has 20 heavy (non-hydrogen) atoms. The lowest BCUT2D eigenvalue weighted by Crippen LogP contribution is -1.88. The number of methoxy groups -OCH3 is 2. The molecule has 0 aliphatic carbocycles. The predicted molar refractivity (Wildman–Crippen MR) is 77.0 cm³/mol. The first-order valence-corrected chi connectivity index (χ1v) is 6.09. The Morgan fingerprint density at radius 3 is 2.35 bits per heavy atom. The van der Waals surface area contributed by atoms with Crippen molar-refractivity contribution in [2.24, 2.45) is 0 Å². The second-order valence-electron chi connectivity index (χ2n) is 4.35. The lowest BCUT2D eigenvalue weighted by molar-refractivity contribution is 0.394. The lowest BCUT2D eigenvalue weighted by atomic mass is 10.2. The zero-order valence-electron chi connectivity index (χ0n) is 11.2. The van der Waals surface area contributed by atoms with E-state index in [9.17, 15) is 0 Å². The number of nitrogens with two attached hydrogens (primary N) is 1. The number of oxazole rings is 1. The highest BCUT2D eigenvalue weighted by atomic mass is 16.5. The number of fused-ring (bicyclic) bond motifs is 1. The Bertz CT molecular complexity index is 743. The molecule has 0 aliphatic rings. The Hall–Kier alpha value is -2.69. The summed E-state index contributed by atoms with van der Waals surface area (Å²) in [6.45, 7) is 0. The van der Waals surface area contributed by atoms with E-state index in [-0.39, 0.29) is 0 Å². The summed E-state index contributed by atoms with van der Waals surface area (Å²) in [5.41, 5.74) is 8.60. The zero-order chi connectivity index (χ0) is 14.1. The molecule has 0 fully saturated rings. The van der Waals surface area contributed by atoms with Crippen LogP contribution in [-0.4, -0.2) is 19.2 Å². The SMILES string of the molecule is COc1cc(OC)cc(-c2nc3cc(N)ccc3o2)c1. The minimum atomic E-state index is 0.503. The van der Waals surface area contributed by atoms with Gasteiger partial charge >= 0.3 is 0 Å². The van der Waals surface area contributed by atoms with Gasteiger partial charge in [-0.15, -0.1) is 0 Å². The number of ether oxygens (including phenoxy) is 2. The van der Waals surface area contributed by atoms with E-state index in [1.165, 1.54) is 0 Å². The van der Waals surface area contributed by atoms with Gasteiger partial charge in [-0.1, -0.05) is 0 Å². The third-order valence-electron chi connectivity index (χ3n) is 3.01. The Kier molecular flexibility index (Phi) is 2.95. The van der Waals surface area contributed by atoms with Crippen molar-refractivity contribution in [3.8, 4) is 23.0 Å². The molecule has 1 heterocycles. The number of aromatic nitrogens is 1. The summed E-state index contributed by atoms with van der Waals surface area (Å²) in [5.74, 6) is 1.87. The molecule has 0 unspecified atom stereocenters. The van der Waals surface area contributed by atoms with Crippen molar-refractivity contribution in [1.82, 2.24) is 4.98 Å². The first-order valence-electron chi connectivity index (χ1n) is 6.09. The molecule has 2 N–H and O–H groups in total. The van der Waals surface area contributed by atoms with Crippen molar-refractivity contribution in [2.45, 2.75) is 0 Å². The van der Waals surface area contributed by atoms with E-state index in [2.05, 4.69) is 4.98 Å². The van der Waals surface area contributed by atoms with Crippen LogP contribution in [0.3, 0.4) is 0 Å². The average molecular weight is 270 g/mol. The van der Waals surface area contributed by atoms with Crippen molar-refractivity contribution < 1.29 is 13.9 Å². The van der Waals surface area contributed by atoms with E-state index >= 15 is 0 Å². The number of nitrogen functional groups attached to an aromatic ring is 1. The molecule has 5 heteroatoms. The first kappa shape index (κ1) is 12.3. The van der Waals surface area contributed by atoms with Gasteiger partial charge in [-0.25, -0.2) is 4.98 Å². The molecule has 102 valence electrons. The summed E-state index contributed by atoms with van der Waals surface area (Å²) < 4.78 is 16.2. The molecule has 0 saturated carbocycles. The Balaban J connectivity index is 2.14. The molecule has 0 radical (unpaired) electrons. The van der Waals surface area contributed by atoms with Gasteiger partial charge in [0.05, 0.1) is 14.2 Å². The van der Waals surface area contributed by atoms with Gasteiger partial charge in [-0.05, 0) is 30.3 Å². The van der Waals surface area contributed by atoms with Crippen LogP contribution in [0.4, 0.5) is 5.69 Å². The van der Waals surface area contributed by atoms with Crippen molar-refractivity contribution >= 4 is 16.8 Å². The fourth-order valence-electron chi connectivity index (χ4n) is 2.00. The van der Waals surface area contributed by atoms with Gasteiger partial charge in [-0.2, -0.15) is 0 Å². The molecule has 0 spiro atoms. The fraction of sp³-hybridized carbons (Fsp3) is 0.133. The fourth-order valence-corrected chi connectivity index (χ4v) is 2.00. The van der Waals surface area contributed by atoms with Gasteiger partial charge in [0.1, 0.15) is 17.0 Å². The molecule has 3 rings (SSSR count). The molecule has 3 aromatic rings. The number of anilines is 1. The molecule has 5 nitrogen and oxygen atoms in total. The molecule has 0 amide bonds. The van der Waals surface area contributed by atoms with Crippen molar-refractivity contribution in [1.29, 1.82) is 0 Å². The highest BCUT2D eigenvalue weighted by Gasteiger charge is 2.11. The lowest BCUT2D eigenvalue weighted by Gasteiger charge is -2.05. The summed E-state index contributed by atoms with van der Waals surface area (Å²) in [7, 11) is 3.20. The van der Waals surface area contributed by atoms with E-state index in [1.54, 1.807) is 38.5 Å². The number of benzene rings is 2. The maximum atomic E-state index is 5.74. The maximum Gasteiger partial charge on any atom is 0.227 e. The second kappa shape index (κ2) is 4.77. The van der Waals surface area contributed by atoms with Crippen LogP contribution in [0.25, 0.3) is 22.6 Å². The Morgan fingerprint density at radius 1 is 1.00 bits per heavy atom. The van der Waals surface area contributed by atoms with Gasteiger partial charge < -0.3 is 19.6 Å². The third kappa shape index (κ3) is 2.14. The summed E-state index contributed by atoms with van der Waals surface area (Å²) >= 11 is 0. The highest BCUT2D eigenvalue weighted by Crippen LogP contribution is 2.31. The number of nitrogens with zero attached hydrogens (tertiary/aromatic N) is 1. The molecular weight excluding hydrogens is 256 g/mol. The minimum Gasteiger partial charge on any atom is -0.497 e. The molecule has 2 aromatic carbocycles. The topological polar surface area (TPSA) is 70.5 Å². The van der Waals surface area contributed by atoms with E-state index in [4.69, 9.17) is 19.6 Å². The monoisotopic (exact) mass is 270 g/mol. The predicted octanol–water partition coefficient (Wildman–Crippen LogP) is 3.09. The summed E-state index contributed by atoms with van der Waals surface area (Å²) in [6, 6.07) is 10.8. The molecule has 0 aliphatic heterocycles. The number of hydrogen-bond acceptors (Lipinski definition) is 5. The van der Waals surface area contributed by atoms with E-state index < -0.39 is 0 Å². The van der Waals surface area contributed by atoms with Crippen molar-refractivity contribution in [2.75, 3.05) is 20.0 Å².